The van der Waals surface area contributed by atoms with Crippen molar-refractivity contribution in [3.05, 3.63) is 42.5 Å². The predicted molar refractivity (Wildman–Crippen MR) is 58.2 cm³/mol. The predicted octanol–water partition coefficient (Wildman–Crippen LogP) is 1.80. The maximum Gasteiger partial charge on any atom is 0.315 e. The summed E-state index contributed by atoms with van der Waals surface area (Å²) in [5.74, 6) is -0.877. The van der Waals surface area contributed by atoms with Gasteiger partial charge in [0.25, 0.3) is 0 Å². The number of benzene rings is 1. The van der Waals surface area contributed by atoms with Gasteiger partial charge in [0, 0.05) is 0 Å². The van der Waals surface area contributed by atoms with Crippen molar-refractivity contribution in [3.8, 4) is 5.75 Å². The van der Waals surface area contributed by atoms with Crippen molar-refractivity contribution in [3.63, 3.8) is 0 Å². The van der Waals surface area contributed by atoms with Gasteiger partial charge in [0.05, 0.1) is 12.8 Å². The molecule has 0 aliphatic heterocycles. The van der Waals surface area contributed by atoms with E-state index in [0.29, 0.717) is 11.3 Å². The Balaban J connectivity index is 2.60. The van der Waals surface area contributed by atoms with E-state index in [-0.39, 0.29) is 18.8 Å². The van der Waals surface area contributed by atoms with Gasteiger partial charge in [0.2, 0.25) is 0 Å². The van der Waals surface area contributed by atoms with Crippen LogP contribution in [-0.2, 0) is 16.0 Å². The van der Waals surface area contributed by atoms with E-state index in [1.165, 1.54) is 6.08 Å². The summed E-state index contributed by atoms with van der Waals surface area (Å²) in [4.78, 5) is 21.5. The standard InChI is InChI=1S/C12H12O4/c1-2-3-12(15)16-10-6-4-9(5-7-10)8-11(13)14/h2,4-7H,1,3,8H2,(H,13,14). The number of aliphatic carboxylic acids is 1. The Labute approximate surface area is 93.2 Å². The Bertz CT molecular complexity index is 392. The van der Waals surface area contributed by atoms with Gasteiger partial charge in [-0.3, -0.25) is 9.59 Å². The molecule has 1 aromatic rings. The third-order valence-electron chi connectivity index (χ3n) is 1.82. The van der Waals surface area contributed by atoms with Crippen LogP contribution in [0.15, 0.2) is 36.9 Å². The van der Waals surface area contributed by atoms with E-state index < -0.39 is 5.97 Å². The van der Waals surface area contributed by atoms with Gasteiger partial charge in [-0.2, -0.15) is 0 Å². The molecular weight excluding hydrogens is 208 g/mol. The molecule has 16 heavy (non-hydrogen) atoms. The zero-order chi connectivity index (χ0) is 12.0. The summed E-state index contributed by atoms with van der Waals surface area (Å²) < 4.78 is 4.96. The van der Waals surface area contributed by atoms with Crippen LogP contribution in [0.3, 0.4) is 0 Å². The lowest BCUT2D eigenvalue weighted by Gasteiger charge is -2.03. The number of carboxylic acids is 1. The van der Waals surface area contributed by atoms with Crippen LogP contribution in [0.4, 0.5) is 0 Å². The van der Waals surface area contributed by atoms with Crippen LogP contribution in [-0.4, -0.2) is 17.0 Å². The van der Waals surface area contributed by atoms with Gasteiger partial charge in [-0.1, -0.05) is 18.2 Å². The maximum atomic E-state index is 11.1. The monoisotopic (exact) mass is 220 g/mol. The second kappa shape index (κ2) is 5.70. The molecule has 0 aliphatic carbocycles. The normalized spacial score (nSPS) is 9.50. The molecule has 0 fully saturated rings. The zero-order valence-electron chi connectivity index (χ0n) is 8.68. The van der Waals surface area contributed by atoms with E-state index in [9.17, 15) is 9.59 Å². The first kappa shape index (κ1) is 12.0. The minimum atomic E-state index is -0.892. The molecule has 84 valence electrons. The van der Waals surface area contributed by atoms with Gasteiger partial charge in [0.15, 0.2) is 0 Å². The molecule has 1 N–H and O–H groups in total. The number of ether oxygens (including phenoxy) is 1. The summed E-state index contributed by atoms with van der Waals surface area (Å²) in [5.41, 5.74) is 0.663. The number of hydrogen-bond donors (Lipinski definition) is 1. The molecule has 0 heterocycles. The van der Waals surface area contributed by atoms with Crippen LogP contribution < -0.4 is 4.74 Å². The lowest BCUT2D eigenvalue weighted by atomic mass is 10.1. The molecule has 0 saturated carbocycles. The highest BCUT2D eigenvalue weighted by atomic mass is 16.5. The first-order chi connectivity index (χ1) is 7.61. The summed E-state index contributed by atoms with van der Waals surface area (Å²) in [5, 5.41) is 8.56. The van der Waals surface area contributed by atoms with Crippen LogP contribution in [0.25, 0.3) is 0 Å². The fraction of sp³-hybridized carbons (Fsp3) is 0.167. The van der Waals surface area contributed by atoms with Crippen molar-refractivity contribution in [2.24, 2.45) is 0 Å². The summed E-state index contributed by atoms with van der Waals surface area (Å²) in [6, 6.07) is 6.37. The Morgan fingerprint density at radius 2 is 1.94 bits per heavy atom. The van der Waals surface area contributed by atoms with Gasteiger partial charge in [0.1, 0.15) is 5.75 Å². The molecule has 0 spiro atoms. The Kier molecular flexibility index (Phi) is 4.27. The van der Waals surface area contributed by atoms with Crippen LogP contribution in [0.5, 0.6) is 5.75 Å². The average Bonchev–Trinajstić information content (AvgIpc) is 2.20. The molecule has 0 aromatic heterocycles. The molecule has 0 atom stereocenters. The van der Waals surface area contributed by atoms with Gasteiger partial charge in [-0.25, -0.2) is 0 Å². The van der Waals surface area contributed by atoms with E-state index in [0.717, 1.165) is 0 Å². The minimum absolute atomic E-state index is 0.0408. The van der Waals surface area contributed by atoms with Crippen molar-refractivity contribution < 1.29 is 19.4 Å². The van der Waals surface area contributed by atoms with E-state index in [4.69, 9.17) is 9.84 Å². The van der Waals surface area contributed by atoms with Gasteiger partial charge in [-0.05, 0) is 17.7 Å². The van der Waals surface area contributed by atoms with Crippen LogP contribution in [0.2, 0.25) is 0 Å². The smallest absolute Gasteiger partial charge is 0.315 e. The SMILES string of the molecule is C=CCC(=O)Oc1ccc(CC(=O)O)cc1. The van der Waals surface area contributed by atoms with Crippen molar-refractivity contribution in [1.29, 1.82) is 0 Å². The number of carbonyl (C=O) groups is 2. The quantitative estimate of drug-likeness (QED) is 0.467. The van der Waals surface area contributed by atoms with E-state index >= 15 is 0 Å². The Morgan fingerprint density at radius 1 is 1.31 bits per heavy atom. The maximum absolute atomic E-state index is 11.1. The highest BCUT2D eigenvalue weighted by molar-refractivity contribution is 5.74. The van der Waals surface area contributed by atoms with Crippen LogP contribution in [0.1, 0.15) is 12.0 Å². The lowest BCUT2D eigenvalue weighted by Crippen LogP contribution is -2.06. The second-order valence-corrected chi connectivity index (χ2v) is 3.18. The first-order valence-electron chi connectivity index (χ1n) is 4.74. The molecule has 4 nitrogen and oxygen atoms in total. The molecule has 0 bridgehead atoms. The second-order valence-electron chi connectivity index (χ2n) is 3.18. The largest absolute Gasteiger partial charge is 0.481 e. The van der Waals surface area contributed by atoms with E-state index in [2.05, 4.69) is 6.58 Å². The first-order valence-corrected chi connectivity index (χ1v) is 4.74. The summed E-state index contributed by atoms with van der Waals surface area (Å²) >= 11 is 0. The van der Waals surface area contributed by atoms with Gasteiger partial charge < -0.3 is 9.84 Å². The molecule has 0 unspecified atom stereocenters. The summed E-state index contributed by atoms with van der Waals surface area (Å²) in [6.07, 6.45) is 1.57. The topological polar surface area (TPSA) is 63.6 Å². The molecule has 0 saturated heterocycles. The molecule has 0 aliphatic rings. The number of esters is 1. The third-order valence-corrected chi connectivity index (χ3v) is 1.82. The highest BCUT2D eigenvalue weighted by Gasteiger charge is 2.03. The number of rotatable bonds is 5. The van der Waals surface area contributed by atoms with Gasteiger partial charge >= 0.3 is 11.9 Å². The minimum Gasteiger partial charge on any atom is -0.481 e. The van der Waals surface area contributed by atoms with Gasteiger partial charge in [-0.15, -0.1) is 6.58 Å². The van der Waals surface area contributed by atoms with Crippen LogP contribution >= 0.6 is 0 Å². The number of carboxylic acid groups (broad SMARTS) is 1. The van der Waals surface area contributed by atoms with Crippen molar-refractivity contribution >= 4 is 11.9 Å². The highest BCUT2D eigenvalue weighted by Crippen LogP contribution is 2.13. The lowest BCUT2D eigenvalue weighted by molar-refractivity contribution is -0.136. The Hall–Kier alpha value is -2.10. The van der Waals surface area contributed by atoms with Crippen molar-refractivity contribution in [1.82, 2.24) is 0 Å². The number of hydrogen-bond acceptors (Lipinski definition) is 3. The fourth-order valence-electron chi connectivity index (χ4n) is 1.14. The molecule has 1 aromatic carbocycles. The number of carbonyl (C=O) groups excluding carboxylic acids is 1. The fourth-order valence-corrected chi connectivity index (χ4v) is 1.14. The molecule has 4 heteroatoms. The molecular formula is C12H12O4. The third kappa shape index (κ3) is 3.96. The van der Waals surface area contributed by atoms with Crippen molar-refractivity contribution in [2.45, 2.75) is 12.8 Å². The zero-order valence-corrected chi connectivity index (χ0v) is 8.68. The van der Waals surface area contributed by atoms with E-state index in [1.54, 1.807) is 24.3 Å². The average molecular weight is 220 g/mol. The summed E-state index contributed by atoms with van der Waals surface area (Å²) in [7, 11) is 0. The van der Waals surface area contributed by atoms with Crippen LogP contribution in [0, 0.1) is 0 Å². The summed E-state index contributed by atoms with van der Waals surface area (Å²) in [6.45, 7) is 3.42. The molecule has 0 radical (unpaired) electrons. The van der Waals surface area contributed by atoms with Crippen molar-refractivity contribution in [2.75, 3.05) is 0 Å². The Morgan fingerprint density at radius 3 is 2.44 bits per heavy atom. The molecule has 1 rings (SSSR count). The molecule has 0 amide bonds. The van der Waals surface area contributed by atoms with E-state index in [1.807, 2.05) is 0 Å².